The van der Waals surface area contributed by atoms with Crippen LogP contribution in [-0.4, -0.2) is 18.1 Å². The highest BCUT2D eigenvalue weighted by molar-refractivity contribution is 5.89. The molecule has 0 aliphatic carbocycles. The summed E-state index contributed by atoms with van der Waals surface area (Å²) in [6, 6.07) is 9.56. The Kier molecular flexibility index (Phi) is 4.16. The van der Waals surface area contributed by atoms with Crippen molar-refractivity contribution in [2.75, 3.05) is 7.11 Å². The third-order valence-electron chi connectivity index (χ3n) is 2.36. The molecule has 0 spiro atoms. The van der Waals surface area contributed by atoms with E-state index < -0.39 is 5.97 Å². The molecule has 0 unspecified atom stereocenters. The molecule has 0 aliphatic rings. The third kappa shape index (κ3) is 3.24. The molecule has 0 atom stereocenters. The lowest BCUT2D eigenvalue weighted by Gasteiger charge is -2.06. The highest BCUT2D eigenvalue weighted by atomic mass is 16.5. The van der Waals surface area contributed by atoms with Crippen molar-refractivity contribution in [3.63, 3.8) is 0 Å². The van der Waals surface area contributed by atoms with Crippen molar-refractivity contribution < 1.29 is 14.3 Å². The van der Waals surface area contributed by atoms with Crippen LogP contribution < -0.4 is 4.74 Å². The number of pyridine rings is 1. The predicted molar refractivity (Wildman–Crippen MR) is 70.9 cm³/mol. The van der Waals surface area contributed by atoms with Crippen molar-refractivity contribution in [1.29, 1.82) is 0 Å². The minimum atomic E-state index is -0.472. The number of carbonyl (C=O) groups excluding carboxylic acids is 1. The highest BCUT2D eigenvalue weighted by Gasteiger charge is 2.07. The molecule has 0 radical (unpaired) electrons. The van der Waals surface area contributed by atoms with Crippen LogP contribution >= 0.6 is 0 Å². The molecule has 2 aromatic rings. The maximum Gasteiger partial charge on any atom is 0.338 e. The molecule has 0 saturated carbocycles. The van der Waals surface area contributed by atoms with Gasteiger partial charge in [-0.3, -0.25) is 0 Å². The van der Waals surface area contributed by atoms with E-state index in [0.29, 0.717) is 17.0 Å². The number of ether oxygens (including phenoxy) is 2. The molecule has 0 aliphatic heterocycles. The topological polar surface area (TPSA) is 97.2 Å². The maximum atomic E-state index is 11.4. The number of nitrogens with zero attached hydrogens (tertiary/aromatic N) is 4. The number of esters is 1. The van der Waals surface area contributed by atoms with Crippen LogP contribution in [-0.2, 0) is 4.74 Å². The second-order valence-electron chi connectivity index (χ2n) is 3.66. The Labute approximate surface area is 114 Å². The molecule has 1 aromatic carbocycles. The van der Waals surface area contributed by atoms with Crippen LogP contribution in [0.2, 0.25) is 0 Å². The van der Waals surface area contributed by atoms with Gasteiger partial charge in [-0.2, -0.15) is 0 Å². The Morgan fingerprint density at radius 2 is 2.20 bits per heavy atom. The number of rotatable bonds is 4. The van der Waals surface area contributed by atoms with Crippen molar-refractivity contribution in [3.05, 3.63) is 58.6 Å². The molecule has 0 N–H and O–H groups in total. The van der Waals surface area contributed by atoms with E-state index in [2.05, 4.69) is 19.7 Å². The van der Waals surface area contributed by atoms with E-state index in [0.717, 1.165) is 0 Å². The van der Waals surface area contributed by atoms with Crippen LogP contribution in [0.4, 0.5) is 5.69 Å². The summed E-state index contributed by atoms with van der Waals surface area (Å²) in [7, 11) is 1.30. The average molecular weight is 270 g/mol. The molecule has 7 nitrogen and oxygen atoms in total. The normalized spacial score (nSPS) is 9.45. The van der Waals surface area contributed by atoms with Gasteiger partial charge in [-0.15, -0.1) is 0 Å². The molecule has 0 saturated heterocycles. The molecule has 20 heavy (non-hydrogen) atoms. The second kappa shape index (κ2) is 6.21. The van der Waals surface area contributed by atoms with Crippen molar-refractivity contribution >= 4 is 11.7 Å². The lowest BCUT2D eigenvalue weighted by molar-refractivity contribution is 0.0600. The Balaban J connectivity index is 2.23. The molecular formula is C13H10N4O3. The van der Waals surface area contributed by atoms with Crippen LogP contribution in [0.5, 0.6) is 11.6 Å². The van der Waals surface area contributed by atoms with Crippen molar-refractivity contribution in [3.8, 4) is 11.6 Å². The molecule has 0 fully saturated rings. The first-order chi connectivity index (χ1) is 9.72. The van der Waals surface area contributed by atoms with E-state index in [-0.39, 0.29) is 5.88 Å². The van der Waals surface area contributed by atoms with Gasteiger partial charge in [0.15, 0.2) is 0 Å². The summed E-state index contributed by atoms with van der Waals surface area (Å²) in [5.74, 6) is 0.218. The lowest BCUT2D eigenvalue weighted by atomic mass is 10.2. The van der Waals surface area contributed by atoms with E-state index >= 15 is 0 Å². The quantitative estimate of drug-likeness (QED) is 0.367. The summed E-state index contributed by atoms with van der Waals surface area (Å²) in [5, 5.41) is 3.47. The lowest BCUT2D eigenvalue weighted by Crippen LogP contribution is -2.01. The second-order valence-corrected chi connectivity index (χ2v) is 3.66. The van der Waals surface area contributed by atoms with Crippen molar-refractivity contribution in [2.45, 2.75) is 0 Å². The first-order valence-electron chi connectivity index (χ1n) is 5.60. The summed E-state index contributed by atoms with van der Waals surface area (Å²) in [6.45, 7) is 0. The summed E-state index contributed by atoms with van der Waals surface area (Å²) in [6.07, 6.45) is 1.44. The number of carbonyl (C=O) groups is 1. The van der Waals surface area contributed by atoms with E-state index in [1.54, 1.807) is 24.3 Å². The highest BCUT2D eigenvalue weighted by Crippen LogP contribution is 2.24. The zero-order valence-electron chi connectivity index (χ0n) is 10.6. The van der Waals surface area contributed by atoms with Gasteiger partial charge >= 0.3 is 5.97 Å². The zero-order chi connectivity index (χ0) is 14.4. The number of hydrogen-bond acceptors (Lipinski definition) is 5. The number of azide groups is 1. The van der Waals surface area contributed by atoms with Crippen molar-refractivity contribution in [1.82, 2.24) is 4.98 Å². The molecule has 1 heterocycles. The van der Waals surface area contributed by atoms with Gasteiger partial charge in [0.1, 0.15) is 5.75 Å². The maximum absolute atomic E-state index is 11.4. The Morgan fingerprint density at radius 3 is 2.95 bits per heavy atom. The number of hydrogen-bond donors (Lipinski definition) is 0. The molecular weight excluding hydrogens is 260 g/mol. The number of benzene rings is 1. The van der Waals surface area contributed by atoms with E-state index in [1.807, 2.05) is 0 Å². The van der Waals surface area contributed by atoms with Gasteiger partial charge in [0.2, 0.25) is 5.88 Å². The monoisotopic (exact) mass is 270 g/mol. The van der Waals surface area contributed by atoms with Crippen LogP contribution in [0.25, 0.3) is 10.4 Å². The van der Waals surface area contributed by atoms with Gasteiger partial charge < -0.3 is 9.47 Å². The Hall–Kier alpha value is -3.05. The van der Waals surface area contributed by atoms with Gasteiger partial charge in [-0.1, -0.05) is 17.2 Å². The smallest absolute Gasteiger partial charge is 0.338 e. The van der Waals surface area contributed by atoms with E-state index in [9.17, 15) is 4.79 Å². The molecule has 7 heteroatoms. The van der Waals surface area contributed by atoms with Gasteiger partial charge in [-0.25, -0.2) is 9.78 Å². The molecule has 100 valence electrons. The van der Waals surface area contributed by atoms with Crippen LogP contribution in [0, 0.1) is 0 Å². The van der Waals surface area contributed by atoms with Crippen LogP contribution in [0.3, 0.4) is 0 Å². The van der Waals surface area contributed by atoms with Crippen LogP contribution in [0.15, 0.2) is 47.7 Å². The molecule has 0 bridgehead atoms. The SMILES string of the molecule is COC(=O)c1ccnc(Oc2cccc(N=[N+]=[N-])c2)c1. The minimum absolute atomic E-state index is 0.242. The minimum Gasteiger partial charge on any atom is -0.465 e. The average Bonchev–Trinajstić information content (AvgIpc) is 2.47. The molecule has 0 amide bonds. The summed E-state index contributed by atoms with van der Waals surface area (Å²) >= 11 is 0. The Bertz CT molecular complexity index is 681. The van der Waals surface area contributed by atoms with E-state index in [1.165, 1.54) is 25.4 Å². The predicted octanol–water partition coefficient (Wildman–Crippen LogP) is 3.60. The molecule has 2 rings (SSSR count). The van der Waals surface area contributed by atoms with Gasteiger partial charge in [-0.05, 0) is 23.7 Å². The fourth-order valence-corrected chi connectivity index (χ4v) is 1.49. The summed E-state index contributed by atoms with van der Waals surface area (Å²) in [4.78, 5) is 18.1. The van der Waals surface area contributed by atoms with Gasteiger partial charge in [0.25, 0.3) is 0 Å². The fraction of sp³-hybridized carbons (Fsp3) is 0.0769. The summed E-state index contributed by atoms with van der Waals surface area (Å²) < 4.78 is 10.1. The standard InChI is InChI=1S/C13H10N4O3/c1-19-13(18)9-5-6-15-12(7-9)20-11-4-2-3-10(8-11)16-17-14/h2-8H,1H3. The number of aromatic nitrogens is 1. The zero-order valence-corrected chi connectivity index (χ0v) is 10.6. The first-order valence-corrected chi connectivity index (χ1v) is 5.60. The van der Waals surface area contributed by atoms with Crippen LogP contribution in [0.1, 0.15) is 10.4 Å². The molecule has 1 aromatic heterocycles. The van der Waals surface area contributed by atoms with Crippen molar-refractivity contribution in [2.24, 2.45) is 5.11 Å². The summed E-state index contributed by atoms with van der Waals surface area (Å²) in [5.41, 5.74) is 9.14. The van der Waals surface area contributed by atoms with Gasteiger partial charge in [0, 0.05) is 22.9 Å². The Morgan fingerprint density at radius 1 is 1.35 bits per heavy atom. The number of methoxy groups -OCH3 is 1. The van der Waals surface area contributed by atoms with E-state index in [4.69, 9.17) is 10.3 Å². The fourth-order valence-electron chi connectivity index (χ4n) is 1.49. The first kappa shape index (κ1) is 13.4. The third-order valence-corrected chi connectivity index (χ3v) is 2.36. The largest absolute Gasteiger partial charge is 0.465 e. The van der Waals surface area contributed by atoms with Gasteiger partial charge in [0.05, 0.1) is 12.7 Å².